The van der Waals surface area contributed by atoms with Crippen LogP contribution in [0.4, 0.5) is 0 Å². The molecule has 0 bridgehead atoms. The normalized spacial score (nSPS) is 11.8. The van der Waals surface area contributed by atoms with Crippen LogP contribution in [0.15, 0.2) is 30.3 Å². The van der Waals surface area contributed by atoms with E-state index in [2.05, 4.69) is 12.6 Å². The zero-order valence-electron chi connectivity index (χ0n) is 10.3. The van der Waals surface area contributed by atoms with Gasteiger partial charge in [-0.15, -0.1) is 0 Å². The molecule has 0 aliphatic carbocycles. The number of carboxylic acid groups (broad SMARTS) is 1. The van der Waals surface area contributed by atoms with Crippen LogP contribution in [0, 0.1) is 0 Å². The quantitative estimate of drug-likeness (QED) is 0.559. The maximum absolute atomic E-state index is 11.2. The second kappa shape index (κ2) is 8.55. The average molecular weight is 284 g/mol. The number of esters is 1. The Morgan fingerprint density at radius 2 is 1.95 bits per heavy atom. The number of hydrogen-bond acceptors (Lipinski definition) is 5. The lowest BCUT2D eigenvalue weighted by Gasteiger charge is -2.13. The van der Waals surface area contributed by atoms with Gasteiger partial charge in [0, 0.05) is 5.75 Å². The molecule has 0 saturated carbocycles. The topological polar surface area (TPSA) is 72.8 Å². The summed E-state index contributed by atoms with van der Waals surface area (Å²) in [4.78, 5) is 22.1. The highest BCUT2D eigenvalue weighted by Gasteiger charge is 2.22. The number of aliphatic carboxylic acids is 1. The SMILES string of the molecule is O=C(CCS)O[C@@H](COCc1ccccc1)C(=O)O. The second-order valence-corrected chi connectivity index (χ2v) is 4.24. The van der Waals surface area contributed by atoms with Crippen LogP contribution in [-0.4, -0.2) is 35.5 Å². The Labute approximate surface area is 116 Å². The van der Waals surface area contributed by atoms with Gasteiger partial charge in [-0.3, -0.25) is 4.79 Å². The molecule has 1 aromatic carbocycles. The summed E-state index contributed by atoms with van der Waals surface area (Å²) in [5, 5.41) is 8.91. The van der Waals surface area contributed by atoms with E-state index < -0.39 is 18.0 Å². The second-order valence-electron chi connectivity index (χ2n) is 3.79. The molecule has 0 aromatic heterocycles. The average Bonchev–Trinajstić information content (AvgIpc) is 2.39. The van der Waals surface area contributed by atoms with Gasteiger partial charge in [0.1, 0.15) is 0 Å². The fourth-order valence-corrected chi connectivity index (χ4v) is 1.51. The Morgan fingerprint density at radius 3 is 2.53 bits per heavy atom. The maximum Gasteiger partial charge on any atom is 0.347 e. The summed E-state index contributed by atoms with van der Waals surface area (Å²) in [5.74, 6) is -1.50. The first-order chi connectivity index (χ1) is 9.13. The van der Waals surface area contributed by atoms with Crippen molar-refractivity contribution in [2.75, 3.05) is 12.4 Å². The summed E-state index contributed by atoms with van der Waals surface area (Å²) in [6.07, 6.45) is -1.21. The molecule has 0 heterocycles. The summed E-state index contributed by atoms with van der Waals surface area (Å²) < 4.78 is 10.0. The van der Waals surface area contributed by atoms with Gasteiger partial charge in [0.15, 0.2) is 0 Å². The van der Waals surface area contributed by atoms with Gasteiger partial charge in [-0.1, -0.05) is 30.3 Å². The predicted molar refractivity (Wildman–Crippen MR) is 72.1 cm³/mol. The third-order valence-corrected chi connectivity index (χ3v) is 2.47. The first-order valence-electron chi connectivity index (χ1n) is 5.78. The summed E-state index contributed by atoms with van der Waals surface area (Å²) in [7, 11) is 0. The number of benzene rings is 1. The van der Waals surface area contributed by atoms with E-state index in [-0.39, 0.29) is 19.6 Å². The van der Waals surface area contributed by atoms with Gasteiger partial charge in [-0.05, 0) is 5.56 Å². The van der Waals surface area contributed by atoms with E-state index in [0.29, 0.717) is 5.75 Å². The minimum absolute atomic E-state index is 0.0750. The molecule has 0 aliphatic heterocycles. The molecule has 104 valence electrons. The maximum atomic E-state index is 11.2. The van der Waals surface area contributed by atoms with Crippen LogP contribution in [0.25, 0.3) is 0 Å². The number of thiol groups is 1. The fourth-order valence-electron chi connectivity index (χ4n) is 1.32. The molecule has 0 unspecified atom stereocenters. The summed E-state index contributed by atoms with van der Waals surface area (Å²) in [5.41, 5.74) is 0.924. The van der Waals surface area contributed by atoms with E-state index in [0.717, 1.165) is 5.56 Å². The van der Waals surface area contributed by atoms with Crippen LogP contribution < -0.4 is 0 Å². The zero-order valence-corrected chi connectivity index (χ0v) is 11.2. The lowest BCUT2D eigenvalue weighted by atomic mass is 10.2. The molecule has 0 fully saturated rings. The molecule has 1 rings (SSSR count). The number of carbonyl (C=O) groups is 2. The molecule has 0 spiro atoms. The van der Waals surface area contributed by atoms with Gasteiger partial charge < -0.3 is 14.6 Å². The molecule has 5 nitrogen and oxygen atoms in total. The van der Waals surface area contributed by atoms with Crippen molar-refractivity contribution in [1.29, 1.82) is 0 Å². The smallest absolute Gasteiger partial charge is 0.347 e. The van der Waals surface area contributed by atoms with E-state index in [1.165, 1.54) is 0 Å². The van der Waals surface area contributed by atoms with E-state index >= 15 is 0 Å². The molecular formula is C13H16O5S. The van der Waals surface area contributed by atoms with Crippen molar-refractivity contribution in [3.05, 3.63) is 35.9 Å². The third kappa shape index (κ3) is 6.26. The molecule has 1 N–H and O–H groups in total. The van der Waals surface area contributed by atoms with Crippen molar-refractivity contribution in [2.45, 2.75) is 19.1 Å². The van der Waals surface area contributed by atoms with Crippen molar-refractivity contribution in [1.82, 2.24) is 0 Å². The molecule has 0 aliphatic rings. The minimum Gasteiger partial charge on any atom is -0.478 e. The minimum atomic E-state index is -1.28. The third-order valence-electron chi connectivity index (χ3n) is 2.25. The number of rotatable bonds is 8. The first kappa shape index (κ1) is 15.5. The highest BCUT2D eigenvalue weighted by Crippen LogP contribution is 2.03. The lowest BCUT2D eigenvalue weighted by Crippen LogP contribution is -2.31. The van der Waals surface area contributed by atoms with Crippen molar-refractivity contribution in [2.24, 2.45) is 0 Å². The molecule has 1 aromatic rings. The highest BCUT2D eigenvalue weighted by molar-refractivity contribution is 7.80. The van der Waals surface area contributed by atoms with Gasteiger partial charge in [0.25, 0.3) is 0 Å². The van der Waals surface area contributed by atoms with Crippen LogP contribution in [0.3, 0.4) is 0 Å². The zero-order chi connectivity index (χ0) is 14.1. The molecule has 0 saturated heterocycles. The standard InChI is InChI=1S/C13H16O5S/c14-12(6-7-19)18-11(13(15)16)9-17-8-10-4-2-1-3-5-10/h1-5,11,19H,6-9H2,(H,15,16)/t11-/m0/s1. The van der Waals surface area contributed by atoms with Crippen molar-refractivity contribution in [3.63, 3.8) is 0 Å². The number of ether oxygens (including phenoxy) is 2. The van der Waals surface area contributed by atoms with E-state index in [4.69, 9.17) is 14.6 Å². The molecule has 0 radical (unpaired) electrons. The van der Waals surface area contributed by atoms with Crippen molar-refractivity contribution in [3.8, 4) is 0 Å². The Hall–Kier alpha value is -1.53. The van der Waals surface area contributed by atoms with Crippen molar-refractivity contribution >= 4 is 24.6 Å². The Bertz CT molecular complexity index is 407. The largest absolute Gasteiger partial charge is 0.478 e. The van der Waals surface area contributed by atoms with Gasteiger partial charge in [-0.2, -0.15) is 12.6 Å². The van der Waals surface area contributed by atoms with E-state index in [1.54, 1.807) is 0 Å². The van der Waals surface area contributed by atoms with Crippen LogP contribution >= 0.6 is 12.6 Å². The first-order valence-corrected chi connectivity index (χ1v) is 6.41. The fraction of sp³-hybridized carbons (Fsp3) is 0.385. The van der Waals surface area contributed by atoms with E-state index in [1.807, 2.05) is 30.3 Å². The van der Waals surface area contributed by atoms with Crippen LogP contribution in [0.2, 0.25) is 0 Å². The Morgan fingerprint density at radius 1 is 1.26 bits per heavy atom. The number of carboxylic acids is 1. The monoisotopic (exact) mass is 284 g/mol. The van der Waals surface area contributed by atoms with Gasteiger partial charge in [-0.25, -0.2) is 4.79 Å². The Kier molecular flexibility index (Phi) is 6.99. The van der Waals surface area contributed by atoms with Crippen LogP contribution in [-0.2, 0) is 25.7 Å². The predicted octanol–water partition coefficient (Wildman–Crippen LogP) is 1.52. The molecular weight excluding hydrogens is 268 g/mol. The lowest BCUT2D eigenvalue weighted by molar-refractivity contribution is -0.168. The summed E-state index contributed by atoms with van der Waals surface area (Å²) in [6, 6.07) is 9.33. The summed E-state index contributed by atoms with van der Waals surface area (Å²) >= 11 is 3.87. The van der Waals surface area contributed by atoms with Gasteiger partial charge >= 0.3 is 11.9 Å². The summed E-state index contributed by atoms with van der Waals surface area (Å²) in [6.45, 7) is 0.0945. The van der Waals surface area contributed by atoms with Crippen LogP contribution in [0.5, 0.6) is 0 Å². The van der Waals surface area contributed by atoms with Gasteiger partial charge in [0.05, 0.1) is 19.6 Å². The Balaban J connectivity index is 2.38. The number of hydrogen-bond donors (Lipinski definition) is 2. The van der Waals surface area contributed by atoms with Crippen molar-refractivity contribution < 1.29 is 24.2 Å². The van der Waals surface area contributed by atoms with Crippen LogP contribution in [0.1, 0.15) is 12.0 Å². The molecule has 1 atom stereocenters. The van der Waals surface area contributed by atoms with E-state index in [9.17, 15) is 9.59 Å². The highest BCUT2D eigenvalue weighted by atomic mass is 32.1. The van der Waals surface area contributed by atoms with Gasteiger partial charge in [0.2, 0.25) is 6.10 Å². The molecule has 6 heteroatoms. The number of carbonyl (C=O) groups excluding carboxylic acids is 1. The molecule has 0 amide bonds. The molecule has 19 heavy (non-hydrogen) atoms.